The van der Waals surface area contributed by atoms with Gasteiger partial charge in [-0.3, -0.25) is 9.59 Å². The molecule has 0 bridgehead atoms. The Bertz CT molecular complexity index is 897. The number of piperidine rings is 1. The zero-order chi connectivity index (χ0) is 21.1. The fourth-order valence-electron chi connectivity index (χ4n) is 3.88. The van der Waals surface area contributed by atoms with Crippen LogP contribution in [0.3, 0.4) is 0 Å². The number of aromatic nitrogens is 2. The summed E-state index contributed by atoms with van der Waals surface area (Å²) in [5.41, 5.74) is 0.385. The molecule has 2 amide bonds. The first-order valence-electron chi connectivity index (χ1n) is 10.2. The topological polar surface area (TPSA) is 102 Å². The summed E-state index contributed by atoms with van der Waals surface area (Å²) in [4.78, 5) is 33.3. The Morgan fingerprint density at radius 1 is 1.17 bits per heavy atom. The number of morpholine rings is 1. The fourth-order valence-corrected chi connectivity index (χ4v) is 4.03. The van der Waals surface area contributed by atoms with E-state index in [9.17, 15) is 9.59 Å². The molecule has 2 aromatic rings. The lowest BCUT2D eigenvalue weighted by molar-refractivity contribution is -0.132. The zero-order valence-corrected chi connectivity index (χ0v) is 17.7. The maximum Gasteiger partial charge on any atom is 0.276 e. The summed E-state index contributed by atoms with van der Waals surface area (Å²) in [5.74, 6) is 1.82. The highest BCUT2D eigenvalue weighted by Crippen LogP contribution is 2.29. The van der Waals surface area contributed by atoms with Crippen molar-refractivity contribution in [2.75, 3.05) is 39.4 Å². The summed E-state index contributed by atoms with van der Waals surface area (Å²) in [7, 11) is 0. The predicted octanol–water partition coefficient (Wildman–Crippen LogP) is 2.44. The van der Waals surface area contributed by atoms with Crippen molar-refractivity contribution in [3.8, 4) is 0 Å². The van der Waals surface area contributed by atoms with Gasteiger partial charge in [0.25, 0.3) is 5.91 Å². The molecule has 2 aliphatic heterocycles. The molecule has 30 heavy (non-hydrogen) atoms. The van der Waals surface area contributed by atoms with Gasteiger partial charge in [-0.1, -0.05) is 16.8 Å². The minimum Gasteiger partial charge on any atom is -0.445 e. The number of aryl methyl sites for hydroxylation is 2. The van der Waals surface area contributed by atoms with Crippen LogP contribution >= 0.6 is 11.6 Å². The number of carbonyl (C=O) groups is 2. The Morgan fingerprint density at radius 2 is 1.90 bits per heavy atom. The van der Waals surface area contributed by atoms with Gasteiger partial charge in [0.1, 0.15) is 11.5 Å². The maximum atomic E-state index is 12.7. The van der Waals surface area contributed by atoms with Gasteiger partial charge in [0.05, 0.1) is 13.2 Å². The highest BCUT2D eigenvalue weighted by Gasteiger charge is 2.30. The average molecular weight is 437 g/mol. The van der Waals surface area contributed by atoms with Crippen LogP contribution in [0.1, 0.15) is 53.1 Å². The van der Waals surface area contributed by atoms with Crippen molar-refractivity contribution >= 4 is 23.4 Å². The summed E-state index contributed by atoms with van der Waals surface area (Å²) in [6, 6.07) is 1.63. The van der Waals surface area contributed by atoms with E-state index in [0.29, 0.717) is 80.5 Å². The van der Waals surface area contributed by atoms with Crippen LogP contribution in [0.5, 0.6) is 0 Å². The van der Waals surface area contributed by atoms with E-state index in [1.165, 1.54) is 0 Å². The van der Waals surface area contributed by atoms with E-state index in [2.05, 4.69) is 10.1 Å². The molecule has 2 aliphatic rings. The van der Waals surface area contributed by atoms with E-state index in [4.69, 9.17) is 25.3 Å². The minimum absolute atomic E-state index is 0.0766. The molecule has 0 saturated carbocycles. The molecule has 10 heteroatoms. The lowest BCUT2D eigenvalue weighted by Gasteiger charge is -2.30. The first-order chi connectivity index (χ1) is 14.5. The Labute approximate surface area is 179 Å². The number of carbonyl (C=O) groups excluding carboxylic acids is 2. The number of oxazole rings is 1. The Hall–Kier alpha value is -2.39. The number of rotatable bonds is 5. The van der Waals surface area contributed by atoms with E-state index in [-0.39, 0.29) is 17.7 Å². The van der Waals surface area contributed by atoms with Crippen LogP contribution < -0.4 is 0 Å². The first kappa shape index (κ1) is 20.9. The summed E-state index contributed by atoms with van der Waals surface area (Å²) in [6.07, 6.45) is 2.34. The van der Waals surface area contributed by atoms with Gasteiger partial charge in [0.15, 0.2) is 16.7 Å². The van der Waals surface area contributed by atoms with Gasteiger partial charge in [-0.15, -0.1) is 0 Å². The van der Waals surface area contributed by atoms with Crippen LogP contribution in [-0.4, -0.2) is 71.1 Å². The summed E-state index contributed by atoms with van der Waals surface area (Å²) in [5, 5.41) is 3.91. The van der Waals surface area contributed by atoms with Gasteiger partial charge in [-0.05, 0) is 19.8 Å². The molecule has 2 fully saturated rings. The van der Waals surface area contributed by atoms with Crippen LogP contribution in [0.4, 0.5) is 0 Å². The molecule has 0 aromatic carbocycles. The second-order valence-electron chi connectivity index (χ2n) is 7.63. The third kappa shape index (κ3) is 4.67. The van der Waals surface area contributed by atoms with Gasteiger partial charge in [0, 0.05) is 51.0 Å². The molecule has 2 saturated heterocycles. The number of hydrogen-bond acceptors (Lipinski definition) is 7. The molecule has 162 valence electrons. The standard InChI is InChI=1S/C20H25ClN4O5/c1-13-18(20(27)25-8-10-28-11-9-25)22-19(29-13)14-4-6-24(7-5-14)17(26)3-2-15-12-16(21)23-30-15/h12,14H,2-11H2,1H3. The highest BCUT2D eigenvalue weighted by atomic mass is 35.5. The van der Waals surface area contributed by atoms with Gasteiger partial charge in [-0.2, -0.15) is 0 Å². The summed E-state index contributed by atoms with van der Waals surface area (Å²) < 4.78 is 16.2. The summed E-state index contributed by atoms with van der Waals surface area (Å²) >= 11 is 5.73. The number of ether oxygens (including phenoxy) is 1. The molecule has 9 nitrogen and oxygen atoms in total. The Balaban J connectivity index is 1.30. The number of nitrogens with zero attached hydrogens (tertiary/aromatic N) is 4. The number of amides is 2. The quantitative estimate of drug-likeness (QED) is 0.709. The minimum atomic E-state index is -0.106. The van der Waals surface area contributed by atoms with Crippen molar-refractivity contribution in [3.63, 3.8) is 0 Å². The number of hydrogen-bond donors (Lipinski definition) is 0. The van der Waals surface area contributed by atoms with Crippen molar-refractivity contribution in [2.24, 2.45) is 0 Å². The van der Waals surface area contributed by atoms with E-state index in [0.717, 1.165) is 12.8 Å². The van der Waals surface area contributed by atoms with Crippen LogP contribution in [0.15, 0.2) is 15.0 Å². The molecule has 0 N–H and O–H groups in total. The van der Waals surface area contributed by atoms with Crippen LogP contribution in [-0.2, 0) is 16.0 Å². The zero-order valence-electron chi connectivity index (χ0n) is 16.9. The average Bonchev–Trinajstić information content (AvgIpc) is 3.37. The van der Waals surface area contributed by atoms with Crippen molar-refractivity contribution in [3.05, 3.63) is 34.3 Å². The molecule has 0 unspecified atom stereocenters. The lowest BCUT2D eigenvalue weighted by atomic mass is 9.96. The van der Waals surface area contributed by atoms with E-state index < -0.39 is 0 Å². The Morgan fingerprint density at radius 3 is 2.57 bits per heavy atom. The molecule has 4 heterocycles. The second-order valence-corrected chi connectivity index (χ2v) is 8.02. The van der Waals surface area contributed by atoms with Crippen molar-refractivity contribution in [1.82, 2.24) is 19.9 Å². The first-order valence-corrected chi connectivity index (χ1v) is 10.6. The van der Waals surface area contributed by atoms with Gasteiger partial charge >= 0.3 is 0 Å². The Kier molecular flexibility index (Phi) is 6.38. The van der Waals surface area contributed by atoms with Gasteiger partial charge in [0.2, 0.25) is 5.91 Å². The number of likely N-dealkylation sites (tertiary alicyclic amines) is 1. The van der Waals surface area contributed by atoms with Crippen LogP contribution in [0, 0.1) is 6.92 Å². The van der Waals surface area contributed by atoms with Gasteiger partial charge < -0.3 is 23.5 Å². The molecular weight excluding hydrogens is 412 g/mol. The normalized spacial score (nSPS) is 18.1. The lowest BCUT2D eigenvalue weighted by Crippen LogP contribution is -2.41. The van der Waals surface area contributed by atoms with Gasteiger partial charge in [-0.25, -0.2) is 4.98 Å². The molecule has 4 rings (SSSR count). The van der Waals surface area contributed by atoms with Crippen LogP contribution in [0.25, 0.3) is 0 Å². The van der Waals surface area contributed by atoms with E-state index >= 15 is 0 Å². The van der Waals surface area contributed by atoms with Crippen molar-refractivity contribution < 1.29 is 23.3 Å². The number of halogens is 1. The van der Waals surface area contributed by atoms with E-state index in [1.54, 1.807) is 17.9 Å². The largest absolute Gasteiger partial charge is 0.445 e. The molecule has 0 spiro atoms. The fraction of sp³-hybridized carbons (Fsp3) is 0.600. The molecule has 0 radical (unpaired) electrons. The second kappa shape index (κ2) is 9.18. The van der Waals surface area contributed by atoms with E-state index in [1.807, 2.05) is 4.90 Å². The molecular formula is C20H25ClN4O5. The SMILES string of the molecule is Cc1oc(C2CCN(C(=O)CCc3cc(Cl)no3)CC2)nc1C(=O)N1CCOCC1. The predicted molar refractivity (Wildman–Crippen MR) is 106 cm³/mol. The molecule has 2 aromatic heterocycles. The van der Waals surface area contributed by atoms with Crippen molar-refractivity contribution in [1.29, 1.82) is 0 Å². The van der Waals surface area contributed by atoms with Crippen molar-refractivity contribution in [2.45, 2.75) is 38.5 Å². The molecule has 0 atom stereocenters. The molecule has 0 aliphatic carbocycles. The highest BCUT2D eigenvalue weighted by molar-refractivity contribution is 6.29. The third-order valence-electron chi connectivity index (χ3n) is 5.63. The monoisotopic (exact) mass is 436 g/mol. The van der Waals surface area contributed by atoms with Crippen LogP contribution in [0.2, 0.25) is 5.15 Å². The summed E-state index contributed by atoms with van der Waals surface area (Å²) in [6.45, 7) is 5.28. The third-order valence-corrected chi connectivity index (χ3v) is 5.80. The smallest absolute Gasteiger partial charge is 0.276 e. The maximum absolute atomic E-state index is 12.7.